The molecule has 1 atom stereocenters. The number of hydrazine groups is 1. The van der Waals surface area contributed by atoms with Crippen molar-refractivity contribution in [1.82, 2.24) is 15.8 Å². The number of nitrogens with zero attached hydrogens (tertiary/aromatic N) is 1. The van der Waals surface area contributed by atoms with E-state index in [9.17, 15) is 4.79 Å². The number of amides is 1. The van der Waals surface area contributed by atoms with Crippen LogP contribution in [-0.4, -0.2) is 35.2 Å². The monoisotopic (exact) mass is 235 g/mol. The first kappa shape index (κ1) is 11.9. The van der Waals surface area contributed by atoms with Crippen LogP contribution in [0.1, 0.15) is 12.0 Å². The standard InChI is InChI=1S/C12H17N3O2/c16-12(17)14-13-11-6-7-15(9-11)8-10-4-2-1-3-5-10/h1-5,11,13-14H,6-9H2,(H,16,17). The minimum Gasteiger partial charge on any atom is -0.464 e. The Morgan fingerprint density at radius 3 is 2.88 bits per heavy atom. The van der Waals surface area contributed by atoms with Crippen LogP contribution in [0.3, 0.4) is 0 Å². The van der Waals surface area contributed by atoms with Crippen molar-refractivity contribution >= 4 is 6.09 Å². The van der Waals surface area contributed by atoms with Crippen molar-refractivity contribution in [2.24, 2.45) is 0 Å². The second-order valence-electron chi connectivity index (χ2n) is 4.28. The van der Waals surface area contributed by atoms with E-state index in [1.807, 2.05) is 18.2 Å². The van der Waals surface area contributed by atoms with E-state index in [0.717, 1.165) is 26.1 Å². The summed E-state index contributed by atoms with van der Waals surface area (Å²) in [6.07, 6.45) is -0.0702. The number of benzene rings is 1. The zero-order valence-corrected chi connectivity index (χ0v) is 9.60. The van der Waals surface area contributed by atoms with Gasteiger partial charge in [0.15, 0.2) is 0 Å². The SMILES string of the molecule is O=C(O)NNC1CCN(Cc2ccccc2)C1. The quantitative estimate of drug-likeness (QED) is 0.682. The maximum atomic E-state index is 10.3. The molecule has 0 aromatic heterocycles. The van der Waals surface area contributed by atoms with Gasteiger partial charge in [-0.25, -0.2) is 10.2 Å². The summed E-state index contributed by atoms with van der Waals surface area (Å²) in [5, 5.41) is 8.49. The van der Waals surface area contributed by atoms with Gasteiger partial charge < -0.3 is 5.11 Å². The number of nitrogens with one attached hydrogen (secondary N) is 2. The summed E-state index contributed by atoms with van der Waals surface area (Å²) in [7, 11) is 0. The number of hydrogen-bond donors (Lipinski definition) is 3. The third-order valence-electron chi connectivity index (χ3n) is 2.90. The second kappa shape index (κ2) is 5.65. The molecule has 0 spiro atoms. The molecular formula is C12H17N3O2. The van der Waals surface area contributed by atoms with Crippen molar-refractivity contribution in [2.45, 2.75) is 19.0 Å². The van der Waals surface area contributed by atoms with Gasteiger partial charge >= 0.3 is 6.09 Å². The Morgan fingerprint density at radius 1 is 1.41 bits per heavy atom. The van der Waals surface area contributed by atoms with E-state index in [4.69, 9.17) is 5.11 Å². The predicted molar refractivity (Wildman–Crippen MR) is 64.4 cm³/mol. The molecule has 1 aliphatic rings. The van der Waals surface area contributed by atoms with Crippen LogP contribution in [0, 0.1) is 0 Å². The molecule has 0 aliphatic carbocycles. The van der Waals surface area contributed by atoms with Gasteiger partial charge in [0.05, 0.1) is 0 Å². The van der Waals surface area contributed by atoms with Crippen molar-refractivity contribution in [2.75, 3.05) is 13.1 Å². The predicted octanol–water partition coefficient (Wildman–Crippen LogP) is 1.03. The summed E-state index contributed by atoms with van der Waals surface area (Å²) >= 11 is 0. The van der Waals surface area contributed by atoms with Gasteiger partial charge in [-0.3, -0.25) is 10.3 Å². The Kier molecular flexibility index (Phi) is 3.95. The highest BCUT2D eigenvalue weighted by Gasteiger charge is 2.22. The van der Waals surface area contributed by atoms with E-state index in [-0.39, 0.29) is 6.04 Å². The molecule has 0 radical (unpaired) electrons. The first-order chi connectivity index (χ1) is 8.24. The molecule has 1 aliphatic heterocycles. The van der Waals surface area contributed by atoms with Crippen LogP contribution < -0.4 is 10.9 Å². The Labute approximate surface area is 100 Å². The second-order valence-corrected chi connectivity index (χ2v) is 4.28. The first-order valence-electron chi connectivity index (χ1n) is 5.75. The van der Waals surface area contributed by atoms with Crippen LogP contribution in [0.5, 0.6) is 0 Å². The summed E-state index contributed by atoms with van der Waals surface area (Å²) in [4.78, 5) is 12.7. The lowest BCUT2D eigenvalue weighted by Crippen LogP contribution is -2.44. The van der Waals surface area contributed by atoms with E-state index < -0.39 is 6.09 Å². The fourth-order valence-corrected chi connectivity index (χ4v) is 2.10. The summed E-state index contributed by atoms with van der Waals surface area (Å²) in [6.45, 7) is 2.79. The topological polar surface area (TPSA) is 64.6 Å². The Morgan fingerprint density at radius 2 is 2.18 bits per heavy atom. The van der Waals surface area contributed by atoms with Gasteiger partial charge in [0, 0.05) is 25.7 Å². The maximum Gasteiger partial charge on any atom is 0.419 e. The summed E-state index contributed by atoms with van der Waals surface area (Å²) in [5.74, 6) is 0. The molecule has 1 unspecified atom stereocenters. The molecule has 5 heteroatoms. The van der Waals surface area contributed by atoms with Gasteiger partial charge in [-0.2, -0.15) is 0 Å². The summed E-state index contributed by atoms with van der Waals surface area (Å²) in [6, 6.07) is 10.5. The van der Waals surface area contributed by atoms with Gasteiger partial charge in [-0.15, -0.1) is 0 Å². The highest BCUT2D eigenvalue weighted by atomic mass is 16.4. The summed E-state index contributed by atoms with van der Waals surface area (Å²) < 4.78 is 0. The zero-order chi connectivity index (χ0) is 12.1. The van der Waals surface area contributed by atoms with Crippen LogP contribution in [-0.2, 0) is 6.54 Å². The largest absolute Gasteiger partial charge is 0.464 e. The van der Waals surface area contributed by atoms with Gasteiger partial charge in [-0.1, -0.05) is 30.3 Å². The maximum absolute atomic E-state index is 10.3. The third kappa shape index (κ3) is 3.72. The molecule has 0 saturated carbocycles. The Balaban J connectivity index is 1.76. The third-order valence-corrected chi connectivity index (χ3v) is 2.90. The molecule has 92 valence electrons. The average Bonchev–Trinajstić information content (AvgIpc) is 2.75. The van der Waals surface area contributed by atoms with Crippen molar-refractivity contribution in [1.29, 1.82) is 0 Å². The fraction of sp³-hybridized carbons (Fsp3) is 0.417. The highest BCUT2D eigenvalue weighted by Crippen LogP contribution is 2.12. The number of carboxylic acid groups (broad SMARTS) is 1. The lowest BCUT2D eigenvalue weighted by Gasteiger charge is -2.16. The van der Waals surface area contributed by atoms with Crippen molar-refractivity contribution in [3.63, 3.8) is 0 Å². The summed E-state index contributed by atoms with van der Waals surface area (Å²) in [5.41, 5.74) is 6.31. The zero-order valence-electron chi connectivity index (χ0n) is 9.60. The molecule has 3 N–H and O–H groups in total. The number of hydrogen-bond acceptors (Lipinski definition) is 3. The van der Waals surface area contributed by atoms with Gasteiger partial charge in [0.1, 0.15) is 0 Å². The molecule has 5 nitrogen and oxygen atoms in total. The number of likely N-dealkylation sites (tertiary alicyclic amines) is 1. The van der Waals surface area contributed by atoms with Crippen LogP contribution in [0.15, 0.2) is 30.3 Å². The van der Waals surface area contributed by atoms with Gasteiger partial charge in [0.2, 0.25) is 0 Å². The fourth-order valence-electron chi connectivity index (χ4n) is 2.10. The highest BCUT2D eigenvalue weighted by molar-refractivity contribution is 5.63. The molecule has 1 aromatic rings. The van der Waals surface area contributed by atoms with E-state index in [1.54, 1.807) is 0 Å². The van der Waals surface area contributed by atoms with Crippen LogP contribution in [0.2, 0.25) is 0 Å². The Bertz CT molecular complexity index is 369. The molecule has 17 heavy (non-hydrogen) atoms. The van der Waals surface area contributed by atoms with Crippen LogP contribution in [0.4, 0.5) is 4.79 Å². The normalized spacial score (nSPS) is 20.4. The molecule has 1 amide bonds. The van der Waals surface area contributed by atoms with Crippen molar-refractivity contribution in [3.05, 3.63) is 35.9 Å². The molecule has 1 heterocycles. The molecule has 0 bridgehead atoms. The van der Waals surface area contributed by atoms with Crippen LogP contribution >= 0.6 is 0 Å². The first-order valence-corrected chi connectivity index (χ1v) is 5.75. The molecule has 2 rings (SSSR count). The van der Waals surface area contributed by atoms with Crippen molar-refractivity contribution in [3.8, 4) is 0 Å². The van der Waals surface area contributed by atoms with E-state index >= 15 is 0 Å². The molecule has 1 fully saturated rings. The molecule has 1 saturated heterocycles. The van der Waals surface area contributed by atoms with E-state index in [0.29, 0.717) is 0 Å². The van der Waals surface area contributed by atoms with E-state index in [1.165, 1.54) is 5.56 Å². The van der Waals surface area contributed by atoms with E-state index in [2.05, 4.69) is 27.9 Å². The Hall–Kier alpha value is -1.59. The minimum atomic E-state index is -1.04. The lowest BCUT2D eigenvalue weighted by molar-refractivity contribution is 0.186. The van der Waals surface area contributed by atoms with Gasteiger partial charge in [-0.05, 0) is 12.0 Å². The smallest absolute Gasteiger partial charge is 0.419 e. The number of rotatable bonds is 4. The van der Waals surface area contributed by atoms with Crippen molar-refractivity contribution < 1.29 is 9.90 Å². The number of carbonyl (C=O) groups is 1. The van der Waals surface area contributed by atoms with Crippen LogP contribution in [0.25, 0.3) is 0 Å². The lowest BCUT2D eigenvalue weighted by atomic mass is 10.2. The van der Waals surface area contributed by atoms with Gasteiger partial charge in [0.25, 0.3) is 0 Å². The molecule has 1 aromatic carbocycles. The molecular weight excluding hydrogens is 218 g/mol. The minimum absolute atomic E-state index is 0.204. The average molecular weight is 235 g/mol.